The Bertz CT molecular complexity index is 947. The number of hydrogen-bond donors (Lipinski definition) is 0. The minimum Gasteiger partial charge on any atom is -0.338 e. The Labute approximate surface area is 177 Å². The number of benzene rings is 1. The molecule has 2 saturated heterocycles. The van der Waals surface area contributed by atoms with E-state index in [0.717, 1.165) is 31.7 Å². The zero-order valence-corrected chi connectivity index (χ0v) is 17.7. The first-order chi connectivity index (χ1) is 14.5. The molecule has 0 radical (unpaired) electrons. The van der Waals surface area contributed by atoms with E-state index in [4.69, 9.17) is 0 Å². The van der Waals surface area contributed by atoms with Gasteiger partial charge >= 0.3 is 0 Å². The summed E-state index contributed by atoms with van der Waals surface area (Å²) in [6.07, 6.45) is 3.98. The van der Waals surface area contributed by atoms with Crippen LogP contribution in [0.2, 0.25) is 0 Å². The highest BCUT2D eigenvalue weighted by atomic mass is 32.2. The van der Waals surface area contributed by atoms with E-state index in [1.165, 1.54) is 0 Å². The molecule has 2 aliphatic heterocycles. The van der Waals surface area contributed by atoms with E-state index in [9.17, 15) is 13.2 Å². The maximum atomic E-state index is 13.2. The van der Waals surface area contributed by atoms with E-state index in [1.54, 1.807) is 23.4 Å². The average molecular weight is 430 g/mol. The van der Waals surface area contributed by atoms with E-state index in [-0.39, 0.29) is 23.5 Å². The number of hydrogen-bond acceptors (Lipinski definition) is 7. The molecule has 3 heterocycles. The number of aromatic nitrogens is 2. The molecule has 4 rings (SSSR count). The molecule has 160 valence electrons. The Morgan fingerprint density at radius 1 is 1.03 bits per heavy atom. The second-order valence-corrected chi connectivity index (χ2v) is 10.1. The minimum absolute atomic E-state index is 0.00892. The summed E-state index contributed by atoms with van der Waals surface area (Å²) in [6, 6.07) is 11.3. The largest absolute Gasteiger partial charge is 0.338 e. The van der Waals surface area contributed by atoms with Gasteiger partial charge in [-0.1, -0.05) is 30.3 Å². The molecule has 0 spiro atoms. The third-order valence-electron chi connectivity index (χ3n) is 5.73. The van der Waals surface area contributed by atoms with Crippen LogP contribution in [0.4, 0.5) is 5.95 Å². The van der Waals surface area contributed by atoms with Crippen molar-refractivity contribution in [1.82, 2.24) is 19.8 Å². The van der Waals surface area contributed by atoms with Crippen LogP contribution in [-0.2, 0) is 21.2 Å². The Kier molecular flexibility index (Phi) is 6.29. The van der Waals surface area contributed by atoms with Gasteiger partial charge in [-0.2, -0.15) is 0 Å². The van der Waals surface area contributed by atoms with Crippen molar-refractivity contribution >= 4 is 21.7 Å². The maximum absolute atomic E-state index is 13.2. The highest BCUT2D eigenvalue weighted by molar-refractivity contribution is 7.91. The first-order valence-electron chi connectivity index (χ1n) is 10.3. The van der Waals surface area contributed by atoms with Crippen LogP contribution in [0.15, 0.2) is 48.8 Å². The molecule has 0 saturated carbocycles. The fraction of sp³-hybridized carbons (Fsp3) is 0.476. The first kappa shape index (κ1) is 20.7. The number of nitrogens with zero attached hydrogens (tertiary/aromatic N) is 5. The van der Waals surface area contributed by atoms with Crippen LogP contribution in [-0.4, -0.2) is 84.4 Å². The monoisotopic (exact) mass is 429 g/mol. The molecule has 1 atom stereocenters. The summed E-state index contributed by atoms with van der Waals surface area (Å²) in [5.74, 6) is 0.923. The van der Waals surface area contributed by atoms with E-state index >= 15 is 0 Å². The van der Waals surface area contributed by atoms with Crippen molar-refractivity contribution in [2.24, 2.45) is 0 Å². The summed E-state index contributed by atoms with van der Waals surface area (Å²) in [4.78, 5) is 27.8. The zero-order chi connectivity index (χ0) is 21.0. The van der Waals surface area contributed by atoms with Gasteiger partial charge in [-0.3, -0.25) is 9.69 Å². The van der Waals surface area contributed by atoms with Gasteiger partial charge in [-0.25, -0.2) is 18.4 Å². The summed E-state index contributed by atoms with van der Waals surface area (Å²) in [5.41, 5.74) is 1.01. The van der Waals surface area contributed by atoms with Crippen LogP contribution in [0.5, 0.6) is 0 Å². The fourth-order valence-corrected chi connectivity index (χ4v) is 5.80. The van der Waals surface area contributed by atoms with Gasteiger partial charge in [0.2, 0.25) is 11.9 Å². The molecule has 0 aliphatic carbocycles. The molecule has 0 N–H and O–H groups in total. The van der Waals surface area contributed by atoms with Gasteiger partial charge in [0.25, 0.3) is 0 Å². The number of carbonyl (C=O) groups excluding carboxylic acids is 1. The standard InChI is InChI=1S/C21H27N5O3S/c27-20(16-24-10-12-25(13-11-24)21-22-8-4-9-23-21)26(15-18-5-2-1-3-6-18)19-7-14-30(28,29)17-19/h1-6,8-9,19H,7,10-17H2. The van der Waals surface area contributed by atoms with Crippen LogP contribution < -0.4 is 4.90 Å². The third kappa shape index (κ3) is 5.14. The molecule has 2 fully saturated rings. The summed E-state index contributed by atoms with van der Waals surface area (Å²) >= 11 is 0. The van der Waals surface area contributed by atoms with Crippen LogP contribution in [0.3, 0.4) is 0 Å². The molecule has 9 heteroatoms. The molecule has 1 aromatic carbocycles. The summed E-state index contributed by atoms with van der Waals surface area (Å²) in [6.45, 7) is 3.74. The van der Waals surface area contributed by atoms with Crippen LogP contribution >= 0.6 is 0 Å². The topological polar surface area (TPSA) is 86.7 Å². The molecule has 0 bridgehead atoms. The van der Waals surface area contributed by atoms with Gasteiger partial charge in [0.05, 0.1) is 18.1 Å². The molecule has 1 unspecified atom stereocenters. The van der Waals surface area contributed by atoms with Gasteiger partial charge in [-0.15, -0.1) is 0 Å². The summed E-state index contributed by atoms with van der Waals surface area (Å²) in [5, 5.41) is 0. The van der Waals surface area contributed by atoms with Crippen molar-refractivity contribution in [2.75, 3.05) is 49.1 Å². The van der Waals surface area contributed by atoms with Crippen molar-refractivity contribution in [3.05, 3.63) is 54.4 Å². The molecular formula is C21H27N5O3S. The fourth-order valence-electron chi connectivity index (χ4n) is 4.06. The van der Waals surface area contributed by atoms with Crippen LogP contribution in [0.25, 0.3) is 0 Å². The quantitative estimate of drug-likeness (QED) is 0.672. The summed E-state index contributed by atoms with van der Waals surface area (Å²) < 4.78 is 24.0. The Morgan fingerprint density at radius 2 is 1.73 bits per heavy atom. The van der Waals surface area contributed by atoms with Gasteiger partial charge in [0.15, 0.2) is 9.84 Å². The zero-order valence-electron chi connectivity index (χ0n) is 16.9. The second-order valence-electron chi connectivity index (χ2n) is 7.88. The molecule has 2 aromatic rings. The number of sulfone groups is 1. The van der Waals surface area contributed by atoms with Crippen LogP contribution in [0, 0.1) is 0 Å². The van der Waals surface area contributed by atoms with E-state index < -0.39 is 9.84 Å². The van der Waals surface area contributed by atoms with Gasteiger partial charge < -0.3 is 9.80 Å². The third-order valence-corrected chi connectivity index (χ3v) is 7.48. The smallest absolute Gasteiger partial charge is 0.237 e. The van der Waals surface area contributed by atoms with E-state index in [0.29, 0.717) is 25.5 Å². The van der Waals surface area contributed by atoms with Crippen molar-refractivity contribution in [3.63, 3.8) is 0 Å². The highest BCUT2D eigenvalue weighted by Crippen LogP contribution is 2.21. The maximum Gasteiger partial charge on any atom is 0.237 e. The van der Waals surface area contributed by atoms with E-state index in [2.05, 4.69) is 19.8 Å². The van der Waals surface area contributed by atoms with E-state index in [1.807, 2.05) is 30.3 Å². The Balaban J connectivity index is 1.39. The SMILES string of the molecule is O=C(CN1CCN(c2ncccn2)CC1)N(Cc1ccccc1)C1CCS(=O)(=O)C1. The molecule has 2 aliphatic rings. The second kappa shape index (κ2) is 9.09. The number of rotatable bonds is 6. The lowest BCUT2D eigenvalue weighted by atomic mass is 10.1. The van der Waals surface area contributed by atoms with Crippen molar-refractivity contribution in [1.29, 1.82) is 0 Å². The van der Waals surface area contributed by atoms with Crippen molar-refractivity contribution < 1.29 is 13.2 Å². The summed E-state index contributed by atoms with van der Waals surface area (Å²) in [7, 11) is -3.07. The predicted octanol–water partition coefficient (Wildman–Crippen LogP) is 0.815. The predicted molar refractivity (Wildman–Crippen MR) is 115 cm³/mol. The lowest BCUT2D eigenvalue weighted by Gasteiger charge is -2.36. The van der Waals surface area contributed by atoms with Gasteiger partial charge in [-0.05, 0) is 18.1 Å². The average Bonchev–Trinajstić information content (AvgIpc) is 3.13. The van der Waals surface area contributed by atoms with Crippen molar-refractivity contribution in [2.45, 2.75) is 19.0 Å². The van der Waals surface area contributed by atoms with Crippen LogP contribution in [0.1, 0.15) is 12.0 Å². The molecule has 8 nitrogen and oxygen atoms in total. The number of amides is 1. The van der Waals surface area contributed by atoms with Crippen molar-refractivity contribution in [3.8, 4) is 0 Å². The molecule has 1 aromatic heterocycles. The Hall–Kier alpha value is -2.52. The lowest BCUT2D eigenvalue weighted by molar-refractivity contribution is -0.135. The molecule has 1 amide bonds. The highest BCUT2D eigenvalue weighted by Gasteiger charge is 2.35. The number of piperazine rings is 1. The number of anilines is 1. The molecular weight excluding hydrogens is 402 g/mol. The molecule has 30 heavy (non-hydrogen) atoms. The Morgan fingerprint density at radius 3 is 2.37 bits per heavy atom. The van der Waals surface area contributed by atoms with Gasteiger partial charge in [0.1, 0.15) is 0 Å². The normalized spacial score (nSPS) is 21.5. The lowest BCUT2D eigenvalue weighted by Crippen LogP contribution is -2.52. The first-order valence-corrected chi connectivity index (χ1v) is 12.1. The van der Waals surface area contributed by atoms with Gasteiger partial charge in [0, 0.05) is 51.2 Å². The number of carbonyl (C=O) groups is 1. The minimum atomic E-state index is -3.07.